The minimum absolute atomic E-state index is 0.937. The van der Waals surface area contributed by atoms with E-state index < -0.39 is 0 Å². The molecule has 1 heteroatoms. The summed E-state index contributed by atoms with van der Waals surface area (Å²) < 4.78 is 0. The van der Waals surface area contributed by atoms with Crippen molar-refractivity contribution in [3.05, 3.63) is 0 Å². The van der Waals surface area contributed by atoms with Crippen molar-refractivity contribution < 1.29 is 0 Å². The molecule has 0 spiro atoms. The zero-order valence-electron chi connectivity index (χ0n) is 9.55. The molecule has 0 saturated carbocycles. The van der Waals surface area contributed by atoms with Gasteiger partial charge in [0.15, 0.2) is 0 Å². The molecule has 0 aromatic heterocycles. The molecular weight excluding hydrogens is 158 g/mol. The normalized spacial score (nSPS) is 29.8. The molecule has 0 aromatic rings. The van der Waals surface area contributed by atoms with Crippen LogP contribution in [0.15, 0.2) is 0 Å². The fraction of sp³-hybridized carbons (Fsp3) is 1.00. The molecule has 1 fully saturated rings. The van der Waals surface area contributed by atoms with Crippen molar-refractivity contribution in [3.63, 3.8) is 0 Å². The molecule has 2 atom stereocenters. The number of hydrogen-bond acceptors (Lipinski definition) is 1. The molecule has 1 rings (SSSR count). The number of rotatable bonds is 5. The third kappa shape index (κ3) is 3.68. The minimum atomic E-state index is 0.937. The van der Waals surface area contributed by atoms with Gasteiger partial charge in [-0.05, 0) is 25.3 Å². The second-order valence-corrected chi connectivity index (χ2v) is 4.81. The fourth-order valence-corrected chi connectivity index (χ4v) is 2.50. The van der Waals surface area contributed by atoms with Gasteiger partial charge in [0, 0.05) is 13.1 Å². The van der Waals surface area contributed by atoms with Gasteiger partial charge in [-0.1, -0.05) is 39.5 Å². The van der Waals surface area contributed by atoms with E-state index in [9.17, 15) is 0 Å². The Balaban J connectivity index is 2.07. The predicted molar refractivity (Wildman–Crippen MR) is 58.9 cm³/mol. The molecule has 0 N–H and O–H groups in total. The van der Waals surface area contributed by atoms with Crippen LogP contribution >= 0.6 is 0 Å². The summed E-state index contributed by atoms with van der Waals surface area (Å²) in [4.78, 5) is 2.48. The lowest BCUT2D eigenvalue weighted by Gasteiger charge is -2.13. The zero-order valence-corrected chi connectivity index (χ0v) is 9.55. The highest BCUT2D eigenvalue weighted by Gasteiger charge is 2.26. The van der Waals surface area contributed by atoms with Crippen molar-refractivity contribution in [2.75, 3.05) is 20.1 Å². The van der Waals surface area contributed by atoms with Crippen molar-refractivity contribution in [3.8, 4) is 0 Å². The molecule has 0 bridgehead atoms. The largest absolute Gasteiger partial charge is 0.306 e. The Morgan fingerprint density at radius 3 is 2.46 bits per heavy atom. The summed E-state index contributed by atoms with van der Waals surface area (Å²) >= 11 is 0. The van der Waals surface area contributed by atoms with Gasteiger partial charge >= 0.3 is 0 Å². The first-order chi connectivity index (χ1) is 6.24. The molecule has 13 heavy (non-hydrogen) atoms. The maximum absolute atomic E-state index is 2.48. The Morgan fingerprint density at radius 2 is 1.92 bits per heavy atom. The van der Waals surface area contributed by atoms with Crippen LogP contribution in [0.25, 0.3) is 0 Å². The summed E-state index contributed by atoms with van der Waals surface area (Å²) in [5.41, 5.74) is 0. The first kappa shape index (κ1) is 11.0. The lowest BCUT2D eigenvalue weighted by molar-refractivity contribution is 0.379. The highest BCUT2D eigenvalue weighted by atomic mass is 15.1. The molecule has 0 amide bonds. The third-order valence-electron chi connectivity index (χ3n) is 3.38. The quantitative estimate of drug-likeness (QED) is 0.592. The van der Waals surface area contributed by atoms with E-state index in [2.05, 4.69) is 25.8 Å². The van der Waals surface area contributed by atoms with Gasteiger partial charge in [0.1, 0.15) is 0 Å². The SMILES string of the molecule is CCCCCCC1CN(C)CC1C. The van der Waals surface area contributed by atoms with E-state index in [0.717, 1.165) is 11.8 Å². The number of nitrogens with zero attached hydrogens (tertiary/aromatic N) is 1. The third-order valence-corrected chi connectivity index (χ3v) is 3.38. The van der Waals surface area contributed by atoms with E-state index in [-0.39, 0.29) is 0 Å². The van der Waals surface area contributed by atoms with E-state index in [1.165, 1.54) is 45.2 Å². The maximum Gasteiger partial charge on any atom is 0.000975 e. The minimum Gasteiger partial charge on any atom is -0.306 e. The molecule has 2 unspecified atom stereocenters. The molecule has 0 aliphatic carbocycles. The molecule has 1 nitrogen and oxygen atoms in total. The van der Waals surface area contributed by atoms with Crippen LogP contribution in [0.3, 0.4) is 0 Å². The van der Waals surface area contributed by atoms with E-state index in [4.69, 9.17) is 0 Å². The molecule has 1 heterocycles. The van der Waals surface area contributed by atoms with E-state index in [1.54, 1.807) is 0 Å². The Hall–Kier alpha value is -0.0400. The Bertz CT molecular complexity index is 133. The van der Waals surface area contributed by atoms with E-state index in [1.807, 2.05) is 0 Å². The summed E-state index contributed by atoms with van der Waals surface area (Å²) in [6, 6.07) is 0. The van der Waals surface area contributed by atoms with Gasteiger partial charge < -0.3 is 4.90 Å². The first-order valence-corrected chi connectivity index (χ1v) is 5.92. The zero-order chi connectivity index (χ0) is 9.68. The summed E-state index contributed by atoms with van der Waals surface area (Å²) in [7, 11) is 2.25. The lowest BCUT2D eigenvalue weighted by Crippen LogP contribution is -2.13. The van der Waals surface area contributed by atoms with Crippen molar-refractivity contribution in [1.29, 1.82) is 0 Å². The van der Waals surface area contributed by atoms with Crippen molar-refractivity contribution in [1.82, 2.24) is 4.90 Å². The number of unbranched alkanes of at least 4 members (excludes halogenated alkanes) is 3. The molecule has 1 aliphatic heterocycles. The average Bonchev–Trinajstić information content (AvgIpc) is 2.39. The van der Waals surface area contributed by atoms with Crippen LogP contribution in [-0.4, -0.2) is 25.0 Å². The van der Waals surface area contributed by atoms with Gasteiger partial charge in [0.05, 0.1) is 0 Å². The second-order valence-electron chi connectivity index (χ2n) is 4.81. The highest BCUT2D eigenvalue weighted by molar-refractivity contribution is 4.79. The van der Waals surface area contributed by atoms with Gasteiger partial charge in [0.2, 0.25) is 0 Å². The fourth-order valence-electron chi connectivity index (χ4n) is 2.50. The average molecular weight is 183 g/mol. The topological polar surface area (TPSA) is 3.24 Å². The maximum atomic E-state index is 2.48. The van der Waals surface area contributed by atoms with Gasteiger partial charge in [-0.15, -0.1) is 0 Å². The van der Waals surface area contributed by atoms with Gasteiger partial charge in [-0.3, -0.25) is 0 Å². The van der Waals surface area contributed by atoms with Gasteiger partial charge in [-0.25, -0.2) is 0 Å². The Morgan fingerprint density at radius 1 is 1.15 bits per heavy atom. The standard InChI is InChI=1S/C12H25N/c1-4-5-6-7-8-12-10-13(3)9-11(12)2/h11-12H,4-10H2,1-3H3. The Labute approximate surface area is 83.5 Å². The molecule has 0 aromatic carbocycles. The molecule has 78 valence electrons. The van der Waals surface area contributed by atoms with E-state index >= 15 is 0 Å². The van der Waals surface area contributed by atoms with Crippen molar-refractivity contribution in [2.24, 2.45) is 11.8 Å². The monoisotopic (exact) mass is 183 g/mol. The van der Waals surface area contributed by atoms with Crippen LogP contribution in [-0.2, 0) is 0 Å². The lowest BCUT2D eigenvalue weighted by atomic mass is 9.92. The number of likely N-dealkylation sites (tertiary alicyclic amines) is 1. The first-order valence-electron chi connectivity index (χ1n) is 5.92. The summed E-state index contributed by atoms with van der Waals surface area (Å²) in [5.74, 6) is 1.92. The molecule has 1 saturated heterocycles. The van der Waals surface area contributed by atoms with Crippen molar-refractivity contribution >= 4 is 0 Å². The van der Waals surface area contributed by atoms with Crippen LogP contribution < -0.4 is 0 Å². The van der Waals surface area contributed by atoms with E-state index in [0.29, 0.717) is 0 Å². The van der Waals surface area contributed by atoms with Crippen LogP contribution in [0.2, 0.25) is 0 Å². The summed E-state index contributed by atoms with van der Waals surface area (Å²) in [5, 5.41) is 0. The summed E-state index contributed by atoms with van der Waals surface area (Å²) in [6.45, 7) is 7.35. The summed E-state index contributed by atoms with van der Waals surface area (Å²) in [6.07, 6.45) is 7.16. The van der Waals surface area contributed by atoms with Crippen molar-refractivity contribution in [2.45, 2.75) is 46.0 Å². The number of hydrogen-bond donors (Lipinski definition) is 0. The van der Waals surface area contributed by atoms with Gasteiger partial charge in [0.25, 0.3) is 0 Å². The predicted octanol–water partition coefficient (Wildman–Crippen LogP) is 3.15. The Kier molecular flexibility index (Phi) is 4.79. The second kappa shape index (κ2) is 5.64. The highest BCUT2D eigenvalue weighted by Crippen LogP contribution is 2.26. The van der Waals surface area contributed by atoms with Crippen LogP contribution in [0.5, 0.6) is 0 Å². The smallest absolute Gasteiger partial charge is 0.000975 e. The molecule has 0 radical (unpaired) electrons. The molecule has 1 aliphatic rings. The van der Waals surface area contributed by atoms with Crippen LogP contribution in [0.1, 0.15) is 46.0 Å². The van der Waals surface area contributed by atoms with Crippen LogP contribution in [0, 0.1) is 11.8 Å². The molecular formula is C12H25N. The van der Waals surface area contributed by atoms with Crippen LogP contribution in [0.4, 0.5) is 0 Å². The van der Waals surface area contributed by atoms with Gasteiger partial charge in [-0.2, -0.15) is 0 Å².